The summed E-state index contributed by atoms with van der Waals surface area (Å²) in [5.41, 5.74) is 5.71. The van der Waals surface area contributed by atoms with Crippen LogP contribution >= 0.6 is 0 Å². The number of aliphatic carboxylic acids is 1. The summed E-state index contributed by atoms with van der Waals surface area (Å²) in [6, 6.07) is 7.93. The summed E-state index contributed by atoms with van der Waals surface area (Å²) in [6.07, 6.45) is 2.20. The zero-order chi connectivity index (χ0) is 16.4. The van der Waals surface area contributed by atoms with Gasteiger partial charge in [0.15, 0.2) is 0 Å². The number of alkyl carbamates (subject to hydrolysis) is 1. The van der Waals surface area contributed by atoms with Gasteiger partial charge in [-0.25, -0.2) is 9.59 Å². The number of primary amides is 1. The van der Waals surface area contributed by atoms with Crippen molar-refractivity contribution >= 4 is 18.0 Å². The van der Waals surface area contributed by atoms with Crippen molar-refractivity contribution < 1.29 is 24.2 Å². The maximum absolute atomic E-state index is 11.6. The average molecular weight is 306 g/mol. The van der Waals surface area contributed by atoms with E-state index in [0.29, 0.717) is 6.42 Å². The first-order valence-corrected chi connectivity index (χ1v) is 6.65. The lowest BCUT2D eigenvalue weighted by atomic mass is 10.1. The van der Waals surface area contributed by atoms with Crippen LogP contribution in [0.4, 0.5) is 4.79 Å². The predicted octanol–water partition coefficient (Wildman–Crippen LogP) is 1.19. The Bertz CT molecular complexity index is 542. The predicted molar refractivity (Wildman–Crippen MR) is 78.8 cm³/mol. The smallest absolute Gasteiger partial charge is 0.408 e. The number of nitrogens with two attached hydrogens (primary N) is 1. The van der Waals surface area contributed by atoms with Crippen molar-refractivity contribution in [3.63, 3.8) is 0 Å². The van der Waals surface area contributed by atoms with Crippen molar-refractivity contribution in [2.24, 2.45) is 5.73 Å². The summed E-state index contributed by atoms with van der Waals surface area (Å²) < 4.78 is 4.95. The number of hydrogen-bond acceptors (Lipinski definition) is 4. The second-order valence-electron chi connectivity index (χ2n) is 4.48. The SMILES string of the molecule is NC(=O)/C=C/CC[C@H](NC(=O)OCc1ccccc1)C(=O)O. The van der Waals surface area contributed by atoms with Gasteiger partial charge in [-0.2, -0.15) is 0 Å². The van der Waals surface area contributed by atoms with Crippen molar-refractivity contribution in [2.45, 2.75) is 25.5 Å². The second kappa shape index (κ2) is 9.17. The first-order chi connectivity index (χ1) is 10.5. The molecule has 0 saturated carbocycles. The van der Waals surface area contributed by atoms with E-state index in [1.165, 1.54) is 6.08 Å². The summed E-state index contributed by atoms with van der Waals surface area (Å²) in [4.78, 5) is 33.1. The zero-order valence-electron chi connectivity index (χ0n) is 11.9. The molecule has 7 nitrogen and oxygen atoms in total. The molecule has 0 bridgehead atoms. The molecular weight excluding hydrogens is 288 g/mol. The highest BCUT2D eigenvalue weighted by atomic mass is 16.5. The van der Waals surface area contributed by atoms with E-state index in [-0.39, 0.29) is 13.0 Å². The number of allylic oxidation sites excluding steroid dienone is 1. The first-order valence-electron chi connectivity index (χ1n) is 6.65. The Hall–Kier alpha value is -2.83. The Kier molecular flexibility index (Phi) is 7.18. The largest absolute Gasteiger partial charge is 0.480 e. The van der Waals surface area contributed by atoms with Crippen LogP contribution < -0.4 is 11.1 Å². The van der Waals surface area contributed by atoms with Crippen molar-refractivity contribution in [3.8, 4) is 0 Å². The molecule has 0 aliphatic rings. The number of carbonyl (C=O) groups excluding carboxylic acids is 2. The molecule has 0 spiro atoms. The maximum atomic E-state index is 11.6. The molecule has 1 aromatic carbocycles. The van der Waals surface area contributed by atoms with Crippen molar-refractivity contribution in [3.05, 3.63) is 48.0 Å². The number of carboxylic acid groups (broad SMARTS) is 1. The van der Waals surface area contributed by atoms with E-state index in [1.54, 1.807) is 12.1 Å². The van der Waals surface area contributed by atoms with Crippen LogP contribution in [0, 0.1) is 0 Å². The molecule has 0 radical (unpaired) electrons. The van der Waals surface area contributed by atoms with Crippen LogP contribution in [-0.4, -0.2) is 29.1 Å². The molecule has 4 N–H and O–H groups in total. The molecule has 0 heterocycles. The van der Waals surface area contributed by atoms with Crippen LogP contribution in [0.2, 0.25) is 0 Å². The number of amides is 2. The number of carboxylic acids is 1. The molecule has 0 aliphatic carbocycles. The van der Waals surface area contributed by atoms with Gasteiger partial charge in [-0.3, -0.25) is 4.79 Å². The van der Waals surface area contributed by atoms with Gasteiger partial charge in [-0.15, -0.1) is 0 Å². The fourth-order valence-corrected chi connectivity index (χ4v) is 1.63. The van der Waals surface area contributed by atoms with Gasteiger partial charge in [0.1, 0.15) is 12.6 Å². The zero-order valence-corrected chi connectivity index (χ0v) is 11.9. The van der Waals surface area contributed by atoms with Gasteiger partial charge >= 0.3 is 12.1 Å². The molecule has 2 amide bonds. The molecule has 1 atom stereocenters. The molecule has 0 aliphatic heterocycles. The van der Waals surface area contributed by atoms with E-state index in [9.17, 15) is 14.4 Å². The summed E-state index contributed by atoms with van der Waals surface area (Å²) in [7, 11) is 0. The summed E-state index contributed by atoms with van der Waals surface area (Å²) in [5, 5.41) is 11.3. The fourth-order valence-electron chi connectivity index (χ4n) is 1.63. The number of benzene rings is 1. The maximum Gasteiger partial charge on any atom is 0.408 e. The highest BCUT2D eigenvalue weighted by molar-refractivity contribution is 5.85. The van der Waals surface area contributed by atoms with Gasteiger partial charge in [0, 0.05) is 0 Å². The molecule has 0 unspecified atom stereocenters. The van der Waals surface area contributed by atoms with E-state index < -0.39 is 24.0 Å². The van der Waals surface area contributed by atoms with Crippen LogP contribution in [0.3, 0.4) is 0 Å². The van der Waals surface area contributed by atoms with Gasteiger partial charge in [-0.1, -0.05) is 36.4 Å². The summed E-state index contributed by atoms with van der Waals surface area (Å²) >= 11 is 0. The molecule has 1 rings (SSSR count). The lowest BCUT2D eigenvalue weighted by Crippen LogP contribution is -2.40. The third-order valence-electron chi connectivity index (χ3n) is 2.71. The van der Waals surface area contributed by atoms with E-state index in [1.807, 2.05) is 18.2 Å². The van der Waals surface area contributed by atoms with Gasteiger partial charge in [0.2, 0.25) is 5.91 Å². The third-order valence-corrected chi connectivity index (χ3v) is 2.71. The van der Waals surface area contributed by atoms with E-state index in [4.69, 9.17) is 15.6 Å². The van der Waals surface area contributed by atoms with E-state index in [2.05, 4.69) is 5.32 Å². The van der Waals surface area contributed by atoms with Gasteiger partial charge in [0.25, 0.3) is 0 Å². The molecule has 1 aromatic rings. The fraction of sp³-hybridized carbons (Fsp3) is 0.267. The Morgan fingerprint density at radius 2 is 1.95 bits per heavy atom. The number of hydrogen-bond donors (Lipinski definition) is 3. The molecular formula is C15H18N2O5. The van der Waals surface area contributed by atoms with Crippen LogP contribution in [-0.2, 0) is 20.9 Å². The quantitative estimate of drug-likeness (QED) is 0.623. The van der Waals surface area contributed by atoms with Gasteiger partial charge in [0.05, 0.1) is 0 Å². The standard InChI is InChI=1S/C15H18N2O5/c16-13(18)9-5-4-8-12(14(19)20)17-15(21)22-10-11-6-2-1-3-7-11/h1-3,5-7,9,12H,4,8,10H2,(H2,16,18)(H,17,21)(H,19,20)/b9-5+/t12-/m0/s1. The minimum atomic E-state index is -1.18. The minimum Gasteiger partial charge on any atom is -0.480 e. The van der Waals surface area contributed by atoms with E-state index in [0.717, 1.165) is 11.6 Å². The van der Waals surface area contributed by atoms with E-state index >= 15 is 0 Å². The third kappa shape index (κ3) is 7.09. The Labute approximate surface area is 127 Å². The number of rotatable bonds is 8. The Morgan fingerprint density at radius 1 is 1.27 bits per heavy atom. The molecule has 118 valence electrons. The van der Waals surface area contributed by atoms with Crippen LogP contribution in [0.5, 0.6) is 0 Å². The normalized spacial score (nSPS) is 11.8. The number of carbonyl (C=O) groups is 3. The number of nitrogens with one attached hydrogen (secondary N) is 1. The van der Waals surface area contributed by atoms with Crippen molar-refractivity contribution in [1.29, 1.82) is 0 Å². The van der Waals surface area contributed by atoms with Gasteiger partial charge < -0.3 is 20.9 Å². The monoisotopic (exact) mass is 306 g/mol. The highest BCUT2D eigenvalue weighted by Crippen LogP contribution is 2.03. The number of ether oxygens (including phenoxy) is 1. The van der Waals surface area contributed by atoms with Crippen molar-refractivity contribution in [1.82, 2.24) is 5.32 Å². The van der Waals surface area contributed by atoms with Gasteiger partial charge in [-0.05, 0) is 24.5 Å². The highest BCUT2D eigenvalue weighted by Gasteiger charge is 2.19. The van der Waals surface area contributed by atoms with Crippen molar-refractivity contribution in [2.75, 3.05) is 0 Å². The summed E-state index contributed by atoms with van der Waals surface area (Å²) in [5.74, 6) is -1.79. The molecule has 0 fully saturated rings. The van der Waals surface area contributed by atoms with Crippen LogP contribution in [0.1, 0.15) is 18.4 Å². The minimum absolute atomic E-state index is 0.0561. The van der Waals surface area contributed by atoms with Crippen LogP contribution in [0.25, 0.3) is 0 Å². The second-order valence-corrected chi connectivity index (χ2v) is 4.48. The molecule has 0 aromatic heterocycles. The molecule has 7 heteroatoms. The first kappa shape index (κ1) is 17.2. The lowest BCUT2D eigenvalue weighted by molar-refractivity contribution is -0.139. The molecule has 0 saturated heterocycles. The van der Waals surface area contributed by atoms with Crippen LogP contribution in [0.15, 0.2) is 42.5 Å². The topological polar surface area (TPSA) is 119 Å². The Morgan fingerprint density at radius 3 is 2.55 bits per heavy atom. The summed E-state index contributed by atoms with van der Waals surface area (Å²) in [6.45, 7) is 0.0561. The molecule has 22 heavy (non-hydrogen) atoms. The average Bonchev–Trinajstić information content (AvgIpc) is 2.48. The lowest BCUT2D eigenvalue weighted by Gasteiger charge is -2.13. The Balaban J connectivity index is 2.40.